The lowest BCUT2D eigenvalue weighted by Gasteiger charge is -2.37. The first-order valence-corrected chi connectivity index (χ1v) is 11.8. The van der Waals surface area contributed by atoms with Crippen molar-refractivity contribution < 1.29 is 14.2 Å². The van der Waals surface area contributed by atoms with Gasteiger partial charge in [-0.15, -0.1) is 0 Å². The van der Waals surface area contributed by atoms with Gasteiger partial charge < -0.3 is 19.1 Å². The highest BCUT2D eigenvalue weighted by Crippen LogP contribution is 2.36. The van der Waals surface area contributed by atoms with Crippen molar-refractivity contribution in [2.24, 2.45) is 0 Å². The Morgan fingerprint density at radius 2 is 1.76 bits per heavy atom. The van der Waals surface area contributed by atoms with Gasteiger partial charge in [0.2, 0.25) is 6.79 Å². The van der Waals surface area contributed by atoms with E-state index in [9.17, 15) is 5.26 Å². The quantitative estimate of drug-likeness (QED) is 0.504. The number of aryl methyl sites for hydroxylation is 1. The third kappa shape index (κ3) is 4.95. The Kier molecular flexibility index (Phi) is 6.55. The van der Waals surface area contributed by atoms with Gasteiger partial charge in [0.1, 0.15) is 11.9 Å². The van der Waals surface area contributed by atoms with Crippen molar-refractivity contribution in [2.75, 3.05) is 44.4 Å². The van der Waals surface area contributed by atoms with Crippen LogP contribution in [0.25, 0.3) is 0 Å². The molecule has 0 N–H and O–H groups in total. The van der Waals surface area contributed by atoms with E-state index in [0.717, 1.165) is 56.2 Å². The van der Waals surface area contributed by atoms with Crippen molar-refractivity contribution in [1.82, 2.24) is 4.90 Å². The average molecular weight is 456 g/mol. The summed E-state index contributed by atoms with van der Waals surface area (Å²) in [5.74, 6) is 2.22. The third-order valence-corrected chi connectivity index (χ3v) is 6.55. The minimum absolute atomic E-state index is 0.155. The first-order chi connectivity index (χ1) is 16.7. The molecule has 3 aromatic rings. The van der Waals surface area contributed by atoms with Crippen molar-refractivity contribution in [3.63, 3.8) is 0 Å². The lowest BCUT2D eigenvalue weighted by molar-refractivity contribution is 0.159. The van der Waals surface area contributed by atoms with Gasteiger partial charge in [-0.1, -0.05) is 30.3 Å². The van der Waals surface area contributed by atoms with Gasteiger partial charge in [0, 0.05) is 44.8 Å². The van der Waals surface area contributed by atoms with Gasteiger partial charge in [-0.05, 0) is 54.4 Å². The van der Waals surface area contributed by atoms with Crippen LogP contribution in [0, 0.1) is 18.3 Å². The molecule has 0 aromatic heterocycles. The Morgan fingerprint density at radius 1 is 0.941 bits per heavy atom. The second-order valence-corrected chi connectivity index (χ2v) is 8.76. The number of ether oxygens (including phenoxy) is 3. The monoisotopic (exact) mass is 455 g/mol. The lowest BCUT2D eigenvalue weighted by atomic mass is 10.0. The Hall–Kier alpha value is -3.69. The first-order valence-electron chi connectivity index (χ1n) is 11.8. The largest absolute Gasteiger partial charge is 0.486 e. The Labute approximate surface area is 200 Å². The Bertz CT molecular complexity index is 1180. The van der Waals surface area contributed by atoms with Crippen molar-refractivity contribution in [1.29, 1.82) is 5.26 Å². The van der Waals surface area contributed by atoms with Crippen molar-refractivity contribution >= 4 is 5.69 Å². The highest BCUT2D eigenvalue weighted by Gasteiger charge is 2.23. The molecule has 3 aromatic carbocycles. The van der Waals surface area contributed by atoms with E-state index in [2.05, 4.69) is 47.1 Å². The fourth-order valence-electron chi connectivity index (χ4n) is 4.64. The van der Waals surface area contributed by atoms with E-state index >= 15 is 0 Å². The predicted octanol–water partition coefficient (Wildman–Crippen LogP) is 4.93. The molecule has 5 rings (SSSR count). The second-order valence-electron chi connectivity index (χ2n) is 8.76. The Morgan fingerprint density at radius 3 is 2.59 bits per heavy atom. The first kappa shape index (κ1) is 22.1. The summed E-state index contributed by atoms with van der Waals surface area (Å²) in [6.45, 7) is 7.43. The molecule has 0 amide bonds. The van der Waals surface area contributed by atoms with Gasteiger partial charge in [0.25, 0.3) is 0 Å². The maximum atomic E-state index is 9.27. The summed E-state index contributed by atoms with van der Waals surface area (Å²) in [6.07, 6.45) is 0.679. The van der Waals surface area contributed by atoms with Crippen LogP contribution in [0.2, 0.25) is 0 Å². The maximum Gasteiger partial charge on any atom is 0.231 e. The molecule has 0 bridgehead atoms. The molecule has 0 aliphatic carbocycles. The van der Waals surface area contributed by atoms with E-state index in [1.807, 2.05) is 30.3 Å². The summed E-state index contributed by atoms with van der Waals surface area (Å²) >= 11 is 0. The van der Waals surface area contributed by atoms with Gasteiger partial charge in [0.05, 0.1) is 11.6 Å². The zero-order chi connectivity index (χ0) is 23.3. The van der Waals surface area contributed by atoms with Crippen molar-refractivity contribution in [2.45, 2.75) is 19.4 Å². The number of nitrogens with zero attached hydrogens (tertiary/aromatic N) is 3. The minimum Gasteiger partial charge on any atom is -0.486 e. The van der Waals surface area contributed by atoms with Gasteiger partial charge in [-0.25, -0.2) is 0 Å². The second kappa shape index (κ2) is 10.1. The van der Waals surface area contributed by atoms with E-state index in [0.29, 0.717) is 11.3 Å². The van der Waals surface area contributed by atoms with E-state index in [-0.39, 0.29) is 12.9 Å². The molecule has 174 valence electrons. The summed E-state index contributed by atoms with van der Waals surface area (Å²) in [4.78, 5) is 4.98. The molecule has 0 radical (unpaired) electrons. The number of nitriles is 1. The highest BCUT2D eigenvalue weighted by molar-refractivity contribution is 5.53. The molecule has 1 atom stereocenters. The van der Waals surface area contributed by atoms with Crippen molar-refractivity contribution in [3.8, 4) is 23.3 Å². The minimum atomic E-state index is -0.155. The number of benzene rings is 3. The van der Waals surface area contributed by atoms with Crippen LogP contribution < -0.4 is 19.1 Å². The van der Waals surface area contributed by atoms with Crippen LogP contribution in [0.1, 0.15) is 29.2 Å². The summed E-state index contributed by atoms with van der Waals surface area (Å²) in [5, 5.41) is 9.27. The van der Waals surface area contributed by atoms with Crippen LogP contribution in [0.3, 0.4) is 0 Å². The van der Waals surface area contributed by atoms with Gasteiger partial charge in [0.15, 0.2) is 11.5 Å². The topological polar surface area (TPSA) is 58.0 Å². The smallest absolute Gasteiger partial charge is 0.231 e. The zero-order valence-corrected chi connectivity index (χ0v) is 19.4. The van der Waals surface area contributed by atoms with E-state index in [1.165, 1.54) is 11.3 Å². The number of rotatable bonds is 7. The highest BCUT2D eigenvalue weighted by atomic mass is 16.7. The summed E-state index contributed by atoms with van der Waals surface area (Å²) in [6, 6.07) is 24.1. The molecular formula is C28H29N3O3. The molecule has 2 aliphatic rings. The number of fused-ring (bicyclic) bond motifs is 1. The van der Waals surface area contributed by atoms with Crippen molar-refractivity contribution in [3.05, 3.63) is 83.4 Å². The standard InChI is InChI=1S/C28H29N3O3/c1-21-5-2-3-8-25(21)31-15-13-30(14-16-31)12-11-26(34-24-7-4-6-22(17-24)19-29)23-9-10-27-28(18-23)33-20-32-27/h2-10,17-18,26H,11-16,20H2,1H3. The Balaban J connectivity index is 1.26. The van der Waals surface area contributed by atoms with Crippen LogP contribution >= 0.6 is 0 Å². The van der Waals surface area contributed by atoms with Crippen LogP contribution in [-0.2, 0) is 0 Å². The van der Waals surface area contributed by atoms with Crippen LogP contribution in [0.5, 0.6) is 17.2 Å². The lowest BCUT2D eigenvalue weighted by Crippen LogP contribution is -2.47. The number of hydrogen-bond donors (Lipinski definition) is 0. The number of hydrogen-bond acceptors (Lipinski definition) is 6. The molecule has 34 heavy (non-hydrogen) atoms. The molecule has 0 saturated carbocycles. The van der Waals surface area contributed by atoms with Gasteiger partial charge in [-0.3, -0.25) is 4.90 Å². The fraction of sp³-hybridized carbons (Fsp3) is 0.321. The zero-order valence-electron chi connectivity index (χ0n) is 19.4. The number of para-hydroxylation sites is 1. The predicted molar refractivity (Wildman–Crippen MR) is 132 cm³/mol. The number of anilines is 1. The van der Waals surface area contributed by atoms with Gasteiger partial charge >= 0.3 is 0 Å². The van der Waals surface area contributed by atoms with Crippen LogP contribution in [0.4, 0.5) is 5.69 Å². The van der Waals surface area contributed by atoms with Crippen LogP contribution in [0.15, 0.2) is 66.7 Å². The average Bonchev–Trinajstić information content (AvgIpc) is 3.35. The molecule has 6 nitrogen and oxygen atoms in total. The van der Waals surface area contributed by atoms with Crippen LogP contribution in [-0.4, -0.2) is 44.4 Å². The molecular weight excluding hydrogens is 426 g/mol. The van der Waals surface area contributed by atoms with E-state index < -0.39 is 0 Å². The molecule has 2 heterocycles. The van der Waals surface area contributed by atoms with E-state index in [4.69, 9.17) is 14.2 Å². The van der Waals surface area contributed by atoms with Gasteiger partial charge in [-0.2, -0.15) is 5.26 Å². The number of piperazine rings is 1. The fourth-order valence-corrected chi connectivity index (χ4v) is 4.64. The summed E-state index contributed by atoms with van der Waals surface area (Å²) < 4.78 is 17.5. The third-order valence-electron chi connectivity index (χ3n) is 6.55. The molecule has 1 fully saturated rings. The molecule has 1 saturated heterocycles. The molecule has 0 spiro atoms. The normalized spacial score (nSPS) is 16.2. The summed E-state index contributed by atoms with van der Waals surface area (Å²) in [7, 11) is 0. The molecule has 6 heteroatoms. The molecule has 2 aliphatic heterocycles. The molecule has 1 unspecified atom stereocenters. The maximum absolute atomic E-state index is 9.27. The SMILES string of the molecule is Cc1ccccc1N1CCN(CCC(Oc2cccc(C#N)c2)c2ccc3c(c2)OCO3)CC1. The van der Waals surface area contributed by atoms with E-state index in [1.54, 1.807) is 12.1 Å². The summed E-state index contributed by atoms with van der Waals surface area (Å²) in [5.41, 5.74) is 4.30.